The molecule has 0 fully saturated rings. The smallest absolute Gasteiger partial charge is 0.221 e. The van der Waals surface area contributed by atoms with Gasteiger partial charge in [0.05, 0.1) is 0 Å². The maximum atomic E-state index is 11.4. The van der Waals surface area contributed by atoms with Crippen LogP contribution in [-0.2, 0) is 9.59 Å². The standard InChI is InChI=1S/C12H24N2O2/c1-4-5-6-7-10(2)14-12(16)8-9-13-11(3)15/h10H,4-9H2,1-3H3,(H,13,15)(H,14,16). The lowest BCUT2D eigenvalue weighted by atomic mass is 10.1. The summed E-state index contributed by atoms with van der Waals surface area (Å²) < 4.78 is 0. The summed E-state index contributed by atoms with van der Waals surface area (Å²) >= 11 is 0. The summed E-state index contributed by atoms with van der Waals surface area (Å²) in [6, 6.07) is 0.233. The summed E-state index contributed by atoms with van der Waals surface area (Å²) in [5, 5.41) is 5.52. The van der Waals surface area contributed by atoms with Gasteiger partial charge in [0.25, 0.3) is 0 Å². The number of amides is 2. The van der Waals surface area contributed by atoms with E-state index in [0.29, 0.717) is 13.0 Å². The van der Waals surface area contributed by atoms with Gasteiger partial charge in [-0.2, -0.15) is 0 Å². The summed E-state index contributed by atoms with van der Waals surface area (Å²) in [6.45, 7) is 6.05. The predicted molar refractivity (Wildman–Crippen MR) is 65.0 cm³/mol. The van der Waals surface area contributed by atoms with Crippen molar-refractivity contribution in [2.24, 2.45) is 0 Å². The zero-order chi connectivity index (χ0) is 12.4. The molecule has 2 amide bonds. The van der Waals surface area contributed by atoms with Crippen LogP contribution in [-0.4, -0.2) is 24.4 Å². The van der Waals surface area contributed by atoms with Gasteiger partial charge in [0, 0.05) is 25.9 Å². The van der Waals surface area contributed by atoms with Crippen LogP contribution in [0.4, 0.5) is 0 Å². The van der Waals surface area contributed by atoms with Crippen molar-refractivity contribution in [1.82, 2.24) is 10.6 Å². The van der Waals surface area contributed by atoms with Gasteiger partial charge in [0.1, 0.15) is 0 Å². The van der Waals surface area contributed by atoms with E-state index in [2.05, 4.69) is 17.6 Å². The van der Waals surface area contributed by atoms with Crippen molar-refractivity contribution in [3.63, 3.8) is 0 Å². The molecular weight excluding hydrogens is 204 g/mol. The lowest BCUT2D eigenvalue weighted by molar-refractivity contribution is -0.122. The molecule has 1 atom stereocenters. The Morgan fingerprint density at radius 3 is 2.50 bits per heavy atom. The fourth-order valence-corrected chi connectivity index (χ4v) is 1.47. The Bertz CT molecular complexity index is 217. The second kappa shape index (κ2) is 9.19. The first-order valence-corrected chi connectivity index (χ1v) is 6.10. The van der Waals surface area contributed by atoms with E-state index in [0.717, 1.165) is 12.8 Å². The Morgan fingerprint density at radius 2 is 1.94 bits per heavy atom. The Morgan fingerprint density at radius 1 is 1.25 bits per heavy atom. The quantitative estimate of drug-likeness (QED) is 0.620. The van der Waals surface area contributed by atoms with E-state index >= 15 is 0 Å². The van der Waals surface area contributed by atoms with E-state index < -0.39 is 0 Å². The maximum absolute atomic E-state index is 11.4. The van der Waals surface area contributed by atoms with Crippen molar-refractivity contribution < 1.29 is 9.59 Å². The minimum absolute atomic E-state index is 0.0118. The molecule has 0 bridgehead atoms. The molecule has 4 nitrogen and oxygen atoms in total. The molecule has 0 aromatic heterocycles. The number of nitrogens with one attached hydrogen (secondary N) is 2. The minimum Gasteiger partial charge on any atom is -0.356 e. The summed E-state index contributed by atoms with van der Waals surface area (Å²) in [5.74, 6) is -0.0819. The number of hydrogen-bond acceptors (Lipinski definition) is 2. The van der Waals surface area contributed by atoms with Gasteiger partial charge in [0.2, 0.25) is 11.8 Å². The molecule has 0 aliphatic rings. The van der Waals surface area contributed by atoms with E-state index in [9.17, 15) is 9.59 Å². The monoisotopic (exact) mass is 228 g/mol. The van der Waals surface area contributed by atoms with Crippen molar-refractivity contribution in [2.75, 3.05) is 6.54 Å². The zero-order valence-corrected chi connectivity index (χ0v) is 10.6. The number of carbonyl (C=O) groups is 2. The Labute approximate surface area is 98.2 Å². The summed E-state index contributed by atoms with van der Waals surface area (Å²) in [7, 11) is 0. The SMILES string of the molecule is CCCCCC(C)NC(=O)CCNC(C)=O. The average Bonchev–Trinajstić information content (AvgIpc) is 2.17. The van der Waals surface area contributed by atoms with Gasteiger partial charge in [-0.15, -0.1) is 0 Å². The van der Waals surface area contributed by atoms with Crippen LogP contribution < -0.4 is 10.6 Å². The normalized spacial score (nSPS) is 11.9. The van der Waals surface area contributed by atoms with E-state index in [1.807, 2.05) is 6.92 Å². The van der Waals surface area contributed by atoms with Crippen molar-refractivity contribution in [1.29, 1.82) is 0 Å². The third-order valence-electron chi connectivity index (χ3n) is 2.37. The van der Waals surface area contributed by atoms with E-state index in [1.54, 1.807) is 0 Å². The van der Waals surface area contributed by atoms with Crippen molar-refractivity contribution in [2.45, 2.75) is 58.9 Å². The molecule has 0 saturated carbocycles. The first kappa shape index (κ1) is 14.9. The number of carbonyl (C=O) groups excluding carboxylic acids is 2. The highest BCUT2D eigenvalue weighted by molar-refractivity contribution is 5.78. The van der Waals surface area contributed by atoms with Gasteiger partial charge in [-0.05, 0) is 13.3 Å². The fourth-order valence-electron chi connectivity index (χ4n) is 1.47. The Balaban J connectivity index is 3.50. The van der Waals surface area contributed by atoms with E-state index in [4.69, 9.17) is 0 Å². The Kier molecular flexibility index (Phi) is 8.58. The topological polar surface area (TPSA) is 58.2 Å². The molecular formula is C12H24N2O2. The van der Waals surface area contributed by atoms with Gasteiger partial charge in [0.15, 0.2) is 0 Å². The van der Waals surface area contributed by atoms with Gasteiger partial charge in [-0.3, -0.25) is 9.59 Å². The molecule has 0 aliphatic carbocycles. The van der Waals surface area contributed by atoms with Crippen LogP contribution in [0.1, 0.15) is 52.9 Å². The minimum atomic E-state index is -0.0937. The highest BCUT2D eigenvalue weighted by Crippen LogP contribution is 2.02. The number of hydrogen-bond donors (Lipinski definition) is 2. The summed E-state index contributed by atoms with van der Waals surface area (Å²) in [5.41, 5.74) is 0. The lowest BCUT2D eigenvalue weighted by Gasteiger charge is -2.13. The molecule has 0 aliphatic heterocycles. The molecule has 0 spiro atoms. The predicted octanol–water partition coefficient (Wildman–Crippen LogP) is 1.60. The first-order chi connectivity index (χ1) is 7.56. The van der Waals surface area contributed by atoms with Crippen LogP contribution in [0.2, 0.25) is 0 Å². The molecule has 2 N–H and O–H groups in total. The van der Waals surface area contributed by atoms with E-state index in [1.165, 1.54) is 19.8 Å². The molecule has 4 heteroatoms. The molecule has 0 rings (SSSR count). The summed E-state index contributed by atoms with van der Waals surface area (Å²) in [4.78, 5) is 22.0. The maximum Gasteiger partial charge on any atom is 0.221 e. The van der Waals surface area contributed by atoms with E-state index in [-0.39, 0.29) is 17.9 Å². The van der Waals surface area contributed by atoms with Gasteiger partial charge in [-0.25, -0.2) is 0 Å². The third kappa shape index (κ3) is 9.49. The van der Waals surface area contributed by atoms with Gasteiger partial charge in [-0.1, -0.05) is 26.2 Å². The highest BCUT2D eigenvalue weighted by Gasteiger charge is 2.06. The van der Waals surface area contributed by atoms with Crippen LogP contribution in [0, 0.1) is 0 Å². The second-order valence-corrected chi connectivity index (χ2v) is 4.20. The fraction of sp³-hybridized carbons (Fsp3) is 0.833. The number of rotatable bonds is 8. The average molecular weight is 228 g/mol. The molecule has 94 valence electrons. The van der Waals surface area contributed by atoms with Crippen LogP contribution in [0.25, 0.3) is 0 Å². The number of unbranched alkanes of at least 4 members (excludes halogenated alkanes) is 2. The Hall–Kier alpha value is -1.06. The zero-order valence-electron chi connectivity index (χ0n) is 10.6. The highest BCUT2D eigenvalue weighted by atomic mass is 16.2. The van der Waals surface area contributed by atoms with Crippen molar-refractivity contribution >= 4 is 11.8 Å². The third-order valence-corrected chi connectivity index (χ3v) is 2.37. The second-order valence-electron chi connectivity index (χ2n) is 4.20. The summed E-state index contributed by atoms with van der Waals surface area (Å²) in [6.07, 6.45) is 4.95. The molecule has 0 heterocycles. The largest absolute Gasteiger partial charge is 0.356 e. The first-order valence-electron chi connectivity index (χ1n) is 6.10. The molecule has 0 aromatic rings. The molecule has 1 unspecified atom stereocenters. The molecule has 0 aromatic carbocycles. The molecule has 0 saturated heterocycles. The van der Waals surface area contributed by atoms with Gasteiger partial charge >= 0.3 is 0 Å². The van der Waals surface area contributed by atoms with Crippen LogP contribution >= 0.6 is 0 Å². The van der Waals surface area contributed by atoms with Crippen molar-refractivity contribution in [3.8, 4) is 0 Å². The van der Waals surface area contributed by atoms with Crippen LogP contribution in [0.3, 0.4) is 0 Å². The van der Waals surface area contributed by atoms with Gasteiger partial charge < -0.3 is 10.6 Å². The van der Waals surface area contributed by atoms with Crippen LogP contribution in [0.5, 0.6) is 0 Å². The molecule has 0 radical (unpaired) electrons. The van der Waals surface area contributed by atoms with Crippen molar-refractivity contribution in [3.05, 3.63) is 0 Å². The van der Waals surface area contributed by atoms with Crippen LogP contribution in [0.15, 0.2) is 0 Å². The molecule has 16 heavy (non-hydrogen) atoms. The lowest BCUT2D eigenvalue weighted by Crippen LogP contribution is -2.35.